The van der Waals surface area contributed by atoms with Gasteiger partial charge >= 0.3 is 0 Å². The first-order chi connectivity index (χ1) is 20.4. The number of rotatable bonds is 7. The average molecular weight is 581 g/mol. The molecule has 0 unspecified atom stereocenters. The molecule has 0 spiro atoms. The molecule has 1 saturated carbocycles. The van der Waals surface area contributed by atoms with E-state index in [9.17, 15) is 8.42 Å². The Bertz CT molecular complexity index is 1860. The molecular weight excluding hydrogens is 548 g/mol. The van der Waals surface area contributed by atoms with Crippen molar-refractivity contribution in [3.05, 3.63) is 108 Å². The number of anilines is 1. The smallest absolute Gasteiger partial charge is 0.296 e. The van der Waals surface area contributed by atoms with Crippen LogP contribution in [0.25, 0.3) is 16.8 Å². The van der Waals surface area contributed by atoms with Gasteiger partial charge in [-0.05, 0) is 67.9 Å². The summed E-state index contributed by atoms with van der Waals surface area (Å²) in [7, 11) is -3.79. The molecule has 1 fully saturated rings. The number of nitrogens with zero attached hydrogens (tertiary/aromatic N) is 3. The molecule has 8 nitrogen and oxygen atoms in total. The third-order valence-electron chi connectivity index (χ3n) is 8.44. The Labute approximate surface area is 245 Å². The molecule has 2 aliphatic rings. The Morgan fingerprint density at radius 1 is 1.05 bits per heavy atom. The highest BCUT2D eigenvalue weighted by atomic mass is 32.2. The second kappa shape index (κ2) is 10.6. The molecule has 3 heterocycles. The van der Waals surface area contributed by atoms with Crippen LogP contribution in [0, 0.1) is 12.8 Å². The molecule has 42 heavy (non-hydrogen) atoms. The lowest BCUT2D eigenvalue weighted by atomic mass is 9.75. The lowest BCUT2D eigenvalue weighted by Crippen LogP contribution is -2.28. The summed E-state index contributed by atoms with van der Waals surface area (Å²) in [5, 5.41) is 0. The van der Waals surface area contributed by atoms with Gasteiger partial charge in [0.15, 0.2) is 0 Å². The molecule has 2 N–H and O–H groups in total. The number of nitrogen functional groups attached to an aromatic ring is 1. The second-order valence-corrected chi connectivity index (χ2v) is 12.9. The predicted octanol–water partition coefficient (Wildman–Crippen LogP) is 6.25. The van der Waals surface area contributed by atoms with Gasteiger partial charge in [-0.15, -0.1) is 0 Å². The van der Waals surface area contributed by atoms with Crippen LogP contribution in [0.4, 0.5) is 5.82 Å². The Balaban J connectivity index is 1.11. The molecule has 1 aliphatic carbocycles. The van der Waals surface area contributed by atoms with Gasteiger partial charge in [-0.1, -0.05) is 60.2 Å². The Hall–Kier alpha value is -4.21. The van der Waals surface area contributed by atoms with E-state index in [1.54, 1.807) is 30.5 Å². The maximum atomic E-state index is 12.6. The highest BCUT2D eigenvalue weighted by Gasteiger charge is 2.36. The standard InChI is InChI=1S/C33H32N4O4S/c1-21-7-12-27(13-8-21)42(38,39)40-20-22-17-26(18-22)33-36-30(31-32(34)35-15-16-37(31)33)25-10-9-24-11-14-28(41-29(24)19-25)23-5-3-2-4-6-23/h2-10,12-13,15-16,19,22,26,28H,11,14,17-18,20H2,1H3,(H2,34,35)/t22?,26?,28-/m1/s1. The third-order valence-corrected chi connectivity index (χ3v) is 9.73. The van der Waals surface area contributed by atoms with E-state index in [1.165, 1.54) is 11.1 Å². The van der Waals surface area contributed by atoms with E-state index in [0.717, 1.165) is 59.6 Å². The van der Waals surface area contributed by atoms with Crippen molar-refractivity contribution in [1.29, 1.82) is 0 Å². The van der Waals surface area contributed by atoms with Crippen molar-refractivity contribution in [3.8, 4) is 17.0 Å². The molecule has 0 saturated heterocycles. The number of benzene rings is 3. The van der Waals surface area contributed by atoms with Gasteiger partial charge in [-0.2, -0.15) is 8.42 Å². The molecule has 0 bridgehead atoms. The van der Waals surface area contributed by atoms with Crippen molar-refractivity contribution < 1.29 is 17.3 Å². The summed E-state index contributed by atoms with van der Waals surface area (Å²) in [5.41, 5.74) is 12.2. The van der Waals surface area contributed by atoms with Crippen LogP contribution in [0.5, 0.6) is 5.75 Å². The minimum absolute atomic E-state index is 0.0129. The average Bonchev–Trinajstić information content (AvgIpc) is 3.37. The number of hydrogen-bond acceptors (Lipinski definition) is 7. The van der Waals surface area contributed by atoms with Crippen LogP contribution in [0.2, 0.25) is 0 Å². The first kappa shape index (κ1) is 26.7. The number of ether oxygens (including phenoxy) is 1. The van der Waals surface area contributed by atoms with Crippen LogP contribution >= 0.6 is 0 Å². The van der Waals surface area contributed by atoms with Gasteiger partial charge < -0.3 is 10.5 Å². The van der Waals surface area contributed by atoms with Crippen LogP contribution in [0.3, 0.4) is 0 Å². The summed E-state index contributed by atoms with van der Waals surface area (Å²) in [4.78, 5) is 9.63. The van der Waals surface area contributed by atoms with Crippen molar-refractivity contribution in [2.24, 2.45) is 5.92 Å². The van der Waals surface area contributed by atoms with Gasteiger partial charge in [-0.25, -0.2) is 9.97 Å². The van der Waals surface area contributed by atoms with Crippen molar-refractivity contribution >= 4 is 21.5 Å². The van der Waals surface area contributed by atoms with E-state index in [4.69, 9.17) is 19.6 Å². The lowest BCUT2D eigenvalue weighted by Gasteiger charge is -2.34. The second-order valence-electron chi connectivity index (χ2n) is 11.3. The van der Waals surface area contributed by atoms with E-state index >= 15 is 0 Å². The SMILES string of the molecule is Cc1ccc(S(=O)(=O)OCC2CC(c3nc(-c4ccc5c(c4)O[C@@H](c4ccccc4)CC5)c4c(N)nccn34)C2)cc1. The molecule has 0 radical (unpaired) electrons. The highest BCUT2D eigenvalue weighted by molar-refractivity contribution is 7.86. The first-order valence-electron chi connectivity index (χ1n) is 14.3. The zero-order valence-corrected chi connectivity index (χ0v) is 24.1. The highest BCUT2D eigenvalue weighted by Crippen LogP contribution is 2.44. The fourth-order valence-corrected chi connectivity index (χ4v) is 7.01. The molecule has 214 valence electrons. The minimum Gasteiger partial charge on any atom is -0.485 e. The fraction of sp³-hybridized carbons (Fsp3) is 0.273. The quantitative estimate of drug-likeness (QED) is 0.227. The number of imidazole rings is 1. The minimum atomic E-state index is -3.79. The molecule has 5 aromatic rings. The van der Waals surface area contributed by atoms with Gasteiger partial charge in [0.2, 0.25) is 0 Å². The zero-order valence-electron chi connectivity index (χ0n) is 23.3. The van der Waals surface area contributed by atoms with Crippen LogP contribution < -0.4 is 10.5 Å². The molecular formula is C33H32N4O4S. The Kier molecular flexibility index (Phi) is 6.71. The van der Waals surface area contributed by atoms with E-state index in [-0.39, 0.29) is 29.4 Å². The van der Waals surface area contributed by atoms with Crippen LogP contribution in [0.1, 0.15) is 53.8 Å². The predicted molar refractivity (Wildman–Crippen MR) is 161 cm³/mol. The van der Waals surface area contributed by atoms with Crippen molar-refractivity contribution in [2.45, 2.75) is 49.5 Å². The molecule has 9 heteroatoms. The van der Waals surface area contributed by atoms with E-state index in [0.29, 0.717) is 5.82 Å². The number of aromatic nitrogens is 3. The van der Waals surface area contributed by atoms with E-state index in [1.807, 2.05) is 35.7 Å². The van der Waals surface area contributed by atoms with E-state index in [2.05, 4.69) is 35.3 Å². The maximum absolute atomic E-state index is 12.6. The Morgan fingerprint density at radius 2 is 1.83 bits per heavy atom. The van der Waals surface area contributed by atoms with Crippen molar-refractivity contribution in [1.82, 2.24) is 14.4 Å². The topological polar surface area (TPSA) is 109 Å². The summed E-state index contributed by atoms with van der Waals surface area (Å²) >= 11 is 0. The summed E-state index contributed by atoms with van der Waals surface area (Å²) in [6, 6.07) is 23.3. The van der Waals surface area contributed by atoms with Gasteiger partial charge in [0.1, 0.15) is 34.7 Å². The number of fused-ring (bicyclic) bond motifs is 2. The number of nitrogens with two attached hydrogens (primary N) is 1. The zero-order chi connectivity index (χ0) is 28.8. The number of aryl methyl sites for hydroxylation is 2. The van der Waals surface area contributed by atoms with Crippen molar-refractivity contribution in [2.75, 3.05) is 12.3 Å². The normalized spacial score (nSPS) is 20.1. The fourth-order valence-electron chi connectivity index (χ4n) is 6.04. The molecule has 1 atom stereocenters. The summed E-state index contributed by atoms with van der Waals surface area (Å²) in [6.07, 6.45) is 7.02. The van der Waals surface area contributed by atoms with Crippen LogP contribution in [-0.2, 0) is 20.7 Å². The lowest BCUT2D eigenvalue weighted by molar-refractivity contribution is 0.158. The van der Waals surface area contributed by atoms with Gasteiger partial charge in [0.25, 0.3) is 10.1 Å². The van der Waals surface area contributed by atoms with Gasteiger partial charge in [-0.3, -0.25) is 8.58 Å². The Morgan fingerprint density at radius 3 is 2.62 bits per heavy atom. The monoisotopic (exact) mass is 580 g/mol. The molecule has 3 aromatic carbocycles. The van der Waals surface area contributed by atoms with Gasteiger partial charge in [0, 0.05) is 23.9 Å². The van der Waals surface area contributed by atoms with E-state index < -0.39 is 10.1 Å². The number of hydrogen-bond donors (Lipinski definition) is 1. The van der Waals surface area contributed by atoms with Crippen LogP contribution in [0.15, 0.2) is 90.1 Å². The van der Waals surface area contributed by atoms with Crippen molar-refractivity contribution in [3.63, 3.8) is 0 Å². The molecule has 7 rings (SSSR count). The summed E-state index contributed by atoms with van der Waals surface area (Å²) in [6.45, 7) is 2.07. The van der Waals surface area contributed by atoms with Crippen LogP contribution in [-0.4, -0.2) is 29.4 Å². The summed E-state index contributed by atoms with van der Waals surface area (Å²) in [5.74, 6) is 2.45. The third kappa shape index (κ3) is 4.92. The maximum Gasteiger partial charge on any atom is 0.296 e. The van der Waals surface area contributed by atoms with Gasteiger partial charge in [0.05, 0.1) is 11.5 Å². The first-order valence-corrected chi connectivity index (χ1v) is 15.7. The molecule has 2 aromatic heterocycles. The summed E-state index contributed by atoms with van der Waals surface area (Å²) < 4.78 is 39.2. The molecule has 1 aliphatic heterocycles. The molecule has 0 amide bonds. The largest absolute Gasteiger partial charge is 0.485 e.